The van der Waals surface area contributed by atoms with E-state index in [0.717, 1.165) is 48.5 Å². The molecule has 33 heavy (non-hydrogen) atoms. The second-order valence-electron chi connectivity index (χ2n) is 8.79. The molecule has 2 saturated heterocycles. The molecule has 0 bridgehead atoms. The third-order valence-electron chi connectivity index (χ3n) is 6.59. The highest BCUT2D eigenvalue weighted by molar-refractivity contribution is 6.05. The van der Waals surface area contributed by atoms with Crippen molar-refractivity contribution in [3.05, 3.63) is 59.2 Å². The zero-order valence-electron chi connectivity index (χ0n) is 18.4. The number of amides is 3. The monoisotopic (exact) mass is 448 g/mol. The fourth-order valence-electron chi connectivity index (χ4n) is 4.80. The lowest BCUT2D eigenvalue weighted by Crippen LogP contribution is -2.52. The van der Waals surface area contributed by atoms with Crippen molar-refractivity contribution in [2.24, 2.45) is 0 Å². The zero-order valence-corrected chi connectivity index (χ0v) is 18.4. The molecule has 2 aromatic rings. The van der Waals surface area contributed by atoms with E-state index in [1.807, 2.05) is 36.4 Å². The lowest BCUT2D eigenvalue weighted by molar-refractivity contribution is -0.136. The fourth-order valence-corrected chi connectivity index (χ4v) is 4.80. The minimum Gasteiger partial charge on any atom is -0.490 e. The van der Waals surface area contributed by atoms with Crippen LogP contribution in [-0.2, 0) is 22.7 Å². The Morgan fingerprint density at radius 2 is 1.85 bits per heavy atom. The highest BCUT2D eigenvalue weighted by Crippen LogP contribution is 2.30. The Kier molecular flexibility index (Phi) is 6.00. The quantitative estimate of drug-likeness (QED) is 0.586. The van der Waals surface area contributed by atoms with Gasteiger partial charge in [-0.15, -0.1) is 0 Å². The second kappa shape index (κ2) is 9.23. The predicted octanol–water partition coefficient (Wildman–Crippen LogP) is 2.19. The van der Waals surface area contributed by atoms with E-state index in [2.05, 4.69) is 16.0 Å². The largest absolute Gasteiger partial charge is 0.490 e. The first-order valence-electron chi connectivity index (χ1n) is 11.6. The molecule has 2 aromatic carbocycles. The maximum Gasteiger partial charge on any atom is 0.255 e. The minimum atomic E-state index is -0.604. The van der Waals surface area contributed by atoms with E-state index in [0.29, 0.717) is 25.1 Å². The molecule has 3 aliphatic rings. The average Bonchev–Trinajstić information content (AvgIpc) is 3.15. The lowest BCUT2D eigenvalue weighted by atomic mass is 10.0. The summed E-state index contributed by atoms with van der Waals surface area (Å²) in [6, 6.07) is 13.0. The summed E-state index contributed by atoms with van der Waals surface area (Å²) in [6.45, 7) is 2.89. The molecule has 2 fully saturated rings. The van der Waals surface area contributed by atoms with Gasteiger partial charge in [-0.2, -0.15) is 0 Å². The molecule has 0 aliphatic carbocycles. The maximum absolute atomic E-state index is 13.0. The number of hydrogen-bond donors (Lipinski definition) is 3. The number of carbonyl (C=O) groups is 3. The summed E-state index contributed by atoms with van der Waals surface area (Å²) in [4.78, 5) is 38.4. The van der Waals surface area contributed by atoms with Gasteiger partial charge in [0.05, 0.1) is 0 Å². The van der Waals surface area contributed by atoms with Crippen LogP contribution in [-0.4, -0.2) is 47.9 Å². The van der Waals surface area contributed by atoms with Gasteiger partial charge >= 0.3 is 0 Å². The van der Waals surface area contributed by atoms with Crippen LogP contribution in [0.4, 0.5) is 5.69 Å². The van der Waals surface area contributed by atoms with Crippen molar-refractivity contribution in [2.45, 2.75) is 50.9 Å². The number of rotatable bonds is 6. The van der Waals surface area contributed by atoms with Gasteiger partial charge in [-0.05, 0) is 61.7 Å². The molecular weight excluding hydrogens is 420 g/mol. The number of imide groups is 1. The van der Waals surface area contributed by atoms with Gasteiger partial charge < -0.3 is 20.3 Å². The Morgan fingerprint density at radius 3 is 2.67 bits per heavy atom. The van der Waals surface area contributed by atoms with Gasteiger partial charge in [0.2, 0.25) is 11.8 Å². The van der Waals surface area contributed by atoms with Gasteiger partial charge in [0.15, 0.2) is 0 Å². The molecule has 172 valence electrons. The SMILES string of the molecule is O=C1CCC(N2Cc3c(CNc4cccc(OC5CCNCC5)c4)cccc3C2=O)C(=O)N1. The number of ether oxygens (including phenoxy) is 1. The number of benzene rings is 2. The number of piperidine rings is 2. The van der Waals surface area contributed by atoms with E-state index in [1.54, 1.807) is 11.0 Å². The number of nitrogens with zero attached hydrogens (tertiary/aromatic N) is 1. The molecule has 0 spiro atoms. The molecule has 3 heterocycles. The van der Waals surface area contributed by atoms with Crippen molar-refractivity contribution in [3.63, 3.8) is 0 Å². The molecule has 3 amide bonds. The molecule has 1 unspecified atom stereocenters. The van der Waals surface area contributed by atoms with Crippen molar-refractivity contribution < 1.29 is 19.1 Å². The van der Waals surface area contributed by atoms with E-state index in [9.17, 15) is 14.4 Å². The second-order valence-corrected chi connectivity index (χ2v) is 8.79. The maximum atomic E-state index is 13.0. The Balaban J connectivity index is 1.26. The van der Waals surface area contributed by atoms with Crippen molar-refractivity contribution in [2.75, 3.05) is 18.4 Å². The number of anilines is 1. The van der Waals surface area contributed by atoms with Crippen LogP contribution in [0.25, 0.3) is 0 Å². The summed E-state index contributed by atoms with van der Waals surface area (Å²) in [5, 5.41) is 9.14. The highest BCUT2D eigenvalue weighted by Gasteiger charge is 2.39. The molecule has 3 N–H and O–H groups in total. The Labute approximate surface area is 192 Å². The van der Waals surface area contributed by atoms with Gasteiger partial charge in [-0.3, -0.25) is 19.7 Å². The van der Waals surface area contributed by atoms with Crippen molar-refractivity contribution in [3.8, 4) is 5.75 Å². The molecule has 5 rings (SSSR count). The van der Waals surface area contributed by atoms with Crippen LogP contribution in [0.2, 0.25) is 0 Å². The van der Waals surface area contributed by atoms with Gasteiger partial charge in [0.25, 0.3) is 5.91 Å². The van der Waals surface area contributed by atoms with Crippen LogP contribution < -0.4 is 20.7 Å². The summed E-state index contributed by atoms with van der Waals surface area (Å²) < 4.78 is 6.14. The Hall–Kier alpha value is -3.39. The molecular formula is C25H28N4O4. The average molecular weight is 449 g/mol. The number of hydrogen-bond acceptors (Lipinski definition) is 6. The van der Waals surface area contributed by atoms with E-state index >= 15 is 0 Å². The predicted molar refractivity (Wildman–Crippen MR) is 123 cm³/mol. The highest BCUT2D eigenvalue weighted by atomic mass is 16.5. The van der Waals surface area contributed by atoms with Crippen LogP contribution >= 0.6 is 0 Å². The van der Waals surface area contributed by atoms with E-state index in [-0.39, 0.29) is 24.3 Å². The number of carbonyl (C=O) groups excluding carboxylic acids is 3. The molecule has 0 radical (unpaired) electrons. The first kappa shape index (κ1) is 21.5. The molecule has 3 aliphatic heterocycles. The van der Waals surface area contributed by atoms with Crippen LogP contribution in [0, 0.1) is 0 Å². The van der Waals surface area contributed by atoms with Gasteiger partial charge in [-0.25, -0.2) is 0 Å². The molecule has 8 nitrogen and oxygen atoms in total. The van der Waals surface area contributed by atoms with Crippen LogP contribution in [0.15, 0.2) is 42.5 Å². The first-order valence-corrected chi connectivity index (χ1v) is 11.6. The molecule has 8 heteroatoms. The van der Waals surface area contributed by atoms with Crippen LogP contribution in [0.3, 0.4) is 0 Å². The van der Waals surface area contributed by atoms with Crippen LogP contribution in [0.1, 0.15) is 47.2 Å². The summed E-state index contributed by atoms with van der Waals surface area (Å²) in [5.41, 5.74) is 3.52. The smallest absolute Gasteiger partial charge is 0.255 e. The first-order chi connectivity index (χ1) is 16.1. The molecule has 0 saturated carbocycles. The van der Waals surface area contributed by atoms with Gasteiger partial charge in [0, 0.05) is 36.8 Å². The Bertz CT molecular complexity index is 1080. The topological polar surface area (TPSA) is 99.8 Å². The number of nitrogens with one attached hydrogen (secondary N) is 3. The van der Waals surface area contributed by atoms with Gasteiger partial charge in [-0.1, -0.05) is 18.2 Å². The molecule has 1 atom stereocenters. The van der Waals surface area contributed by atoms with Crippen molar-refractivity contribution >= 4 is 23.4 Å². The van der Waals surface area contributed by atoms with Crippen LogP contribution in [0.5, 0.6) is 5.75 Å². The molecule has 0 aromatic heterocycles. The van der Waals surface area contributed by atoms with E-state index < -0.39 is 11.9 Å². The van der Waals surface area contributed by atoms with E-state index in [4.69, 9.17) is 4.74 Å². The summed E-state index contributed by atoms with van der Waals surface area (Å²) in [6.07, 6.45) is 2.86. The van der Waals surface area contributed by atoms with Crippen molar-refractivity contribution in [1.82, 2.24) is 15.5 Å². The summed E-state index contributed by atoms with van der Waals surface area (Å²) in [7, 11) is 0. The zero-order chi connectivity index (χ0) is 22.8. The minimum absolute atomic E-state index is 0.154. The normalized spacial score (nSPS) is 21.0. The van der Waals surface area contributed by atoms with Gasteiger partial charge in [0.1, 0.15) is 17.9 Å². The summed E-state index contributed by atoms with van der Waals surface area (Å²) >= 11 is 0. The third kappa shape index (κ3) is 4.57. The van der Waals surface area contributed by atoms with Crippen molar-refractivity contribution in [1.29, 1.82) is 0 Å². The third-order valence-corrected chi connectivity index (χ3v) is 6.59. The number of fused-ring (bicyclic) bond motifs is 1. The standard InChI is InChI=1S/C25H28N4O4/c30-23-8-7-22(24(31)28-23)29-15-21-16(3-1-6-20(21)25(29)32)14-27-17-4-2-5-19(13-17)33-18-9-11-26-12-10-18/h1-6,13,18,22,26-27H,7-12,14-15H2,(H,28,30,31). The van der Waals surface area contributed by atoms with E-state index in [1.165, 1.54) is 0 Å². The Morgan fingerprint density at radius 1 is 1.03 bits per heavy atom. The lowest BCUT2D eigenvalue weighted by Gasteiger charge is -2.29. The fraction of sp³-hybridized carbons (Fsp3) is 0.400. The summed E-state index contributed by atoms with van der Waals surface area (Å²) in [5.74, 6) is 0.0254.